The van der Waals surface area contributed by atoms with Gasteiger partial charge in [0.05, 0.1) is 11.7 Å². The Morgan fingerprint density at radius 1 is 1.16 bits per heavy atom. The fraction of sp³-hybridized carbons (Fsp3) is 0.478. The van der Waals surface area contributed by atoms with E-state index < -0.39 is 0 Å². The van der Waals surface area contributed by atoms with Gasteiger partial charge in [-0.2, -0.15) is 5.10 Å². The van der Waals surface area contributed by atoms with Gasteiger partial charge in [0.1, 0.15) is 11.5 Å². The normalized spacial score (nSPS) is 21.8. The largest absolute Gasteiger partial charge is 0.355 e. The van der Waals surface area contributed by atoms with Gasteiger partial charge in [-0.25, -0.2) is 9.50 Å². The Morgan fingerprint density at radius 3 is 2.81 bits per heavy atom. The topological polar surface area (TPSA) is 92.7 Å². The average molecular weight is 420 g/mol. The van der Waals surface area contributed by atoms with Crippen LogP contribution in [0.5, 0.6) is 0 Å². The number of piperidine rings is 1. The third-order valence-corrected chi connectivity index (χ3v) is 6.47. The lowest BCUT2D eigenvalue weighted by molar-refractivity contribution is 0.0598. The number of carbonyl (C=O) groups is 1. The smallest absolute Gasteiger partial charge is 0.273 e. The minimum atomic E-state index is -0.0617. The van der Waals surface area contributed by atoms with E-state index in [1.807, 2.05) is 40.7 Å². The molecule has 2 saturated heterocycles. The number of amides is 1. The molecule has 31 heavy (non-hydrogen) atoms. The molecule has 8 heteroatoms. The van der Waals surface area contributed by atoms with Crippen molar-refractivity contribution in [2.45, 2.75) is 51.6 Å². The Bertz CT molecular complexity index is 1120. The van der Waals surface area contributed by atoms with Crippen LogP contribution < -0.4 is 10.6 Å². The number of carbonyl (C=O) groups excluding carboxylic acids is 1. The Balaban J connectivity index is 1.48. The number of rotatable bonds is 3. The quantitative estimate of drug-likeness (QED) is 0.702. The molecule has 162 valence electrons. The van der Waals surface area contributed by atoms with Crippen molar-refractivity contribution in [3.05, 3.63) is 53.1 Å². The van der Waals surface area contributed by atoms with Gasteiger partial charge in [-0.1, -0.05) is 6.07 Å². The average Bonchev–Trinajstić information content (AvgIpc) is 3.38. The molecule has 0 radical (unpaired) electrons. The van der Waals surface area contributed by atoms with Crippen molar-refractivity contribution in [3.8, 4) is 0 Å². The minimum absolute atomic E-state index is 0.0178. The number of nitrogens with zero attached hydrogens (tertiary/aromatic N) is 6. The van der Waals surface area contributed by atoms with E-state index in [0.717, 1.165) is 73.6 Å². The van der Waals surface area contributed by atoms with Gasteiger partial charge < -0.3 is 15.5 Å². The molecule has 2 atom stereocenters. The number of nitrogens with two attached hydrogens (primary N) is 1. The van der Waals surface area contributed by atoms with Crippen LogP contribution in [-0.2, 0) is 0 Å². The molecule has 3 aromatic heterocycles. The molecule has 0 unspecified atom stereocenters. The third-order valence-electron chi connectivity index (χ3n) is 6.47. The second-order valence-electron chi connectivity index (χ2n) is 8.79. The van der Waals surface area contributed by atoms with Gasteiger partial charge in [0, 0.05) is 49.7 Å². The van der Waals surface area contributed by atoms with E-state index in [9.17, 15) is 4.79 Å². The van der Waals surface area contributed by atoms with Crippen molar-refractivity contribution in [3.63, 3.8) is 0 Å². The second kappa shape index (κ2) is 7.92. The van der Waals surface area contributed by atoms with Crippen LogP contribution in [0.3, 0.4) is 0 Å². The molecule has 2 aliphatic heterocycles. The molecule has 0 spiro atoms. The lowest BCUT2D eigenvalue weighted by Crippen LogP contribution is -2.39. The molecule has 3 aromatic rings. The van der Waals surface area contributed by atoms with Crippen LogP contribution in [-0.4, -0.2) is 56.1 Å². The number of aromatic nitrogens is 4. The highest BCUT2D eigenvalue weighted by Gasteiger charge is 2.32. The summed E-state index contributed by atoms with van der Waals surface area (Å²) in [6.45, 7) is 6.48. The molecule has 0 aromatic carbocycles. The van der Waals surface area contributed by atoms with Gasteiger partial charge in [-0.3, -0.25) is 9.78 Å². The van der Waals surface area contributed by atoms with E-state index in [-0.39, 0.29) is 18.0 Å². The summed E-state index contributed by atoms with van der Waals surface area (Å²) in [5.41, 5.74) is 10.3. The summed E-state index contributed by atoms with van der Waals surface area (Å²) in [6.07, 6.45) is 7.67. The van der Waals surface area contributed by atoms with E-state index in [2.05, 4.69) is 16.8 Å². The summed E-state index contributed by atoms with van der Waals surface area (Å²) >= 11 is 0. The van der Waals surface area contributed by atoms with E-state index in [1.54, 1.807) is 6.20 Å². The number of likely N-dealkylation sites (tertiary alicyclic amines) is 1. The number of fused-ring (bicyclic) bond motifs is 1. The number of anilines is 1. The van der Waals surface area contributed by atoms with Crippen LogP contribution in [0.2, 0.25) is 0 Å². The molecule has 5 rings (SSSR count). The molecule has 1 amide bonds. The molecule has 2 aliphatic rings. The highest BCUT2D eigenvalue weighted by atomic mass is 16.2. The third kappa shape index (κ3) is 3.65. The first-order chi connectivity index (χ1) is 15.0. The van der Waals surface area contributed by atoms with Gasteiger partial charge >= 0.3 is 0 Å². The monoisotopic (exact) mass is 419 g/mol. The minimum Gasteiger partial charge on any atom is -0.355 e. The fourth-order valence-electron chi connectivity index (χ4n) is 4.81. The number of hydrogen-bond acceptors (Lipinski definition) is 6. The lowest BCUT2D eigenvalue weighted by atomic mass is 9.98. The molecule has 0 saturated carbocycles. The van der Waals surface area contributed by atoms with Gasteiger partial charge in [0.15, 0.2) is 5.65 Å². The Morgan fingerprint density at radius 2 is 2.03 bits per heavy atom. The maximum atomic E-state index is 13.3. The van der Waals surface area contributed by atoms with Crippen LogP contribution in [0.1, 0.15) is 59.0 Å². The summed E-state index contributed by atoms with van der Waals surface area (Å²) in [6, 6.07) is 5.96. The number of hydrogen-bond donors (Lipinski definition) is 1. The van der Waals surface area contributed by atoms with Gasteiger partial charge in [-0.15, -0.1) is 0 Å². The van der Waals surface area contributed by atoms with Crippen LogP contribution in [0.15, 0.2) is 30.6 Å². The lowest BCUT2D eigenvalue weighted by Gasteiger charge is -2.34. The van der Waals surface area contributed by atoms with Crippen molar-refractivity contribution in [1.29, 1.82) is 0 Å². The Hall–Kier alpha value is -3.00. The summed E-state index contributed by atoms with van der Waals surface area (Å²) in [5, 5.41) is 4.83. The van der Waals surface area contributed by atoms with Crippen molar-refractivity contribution >= 4 is 17.4 Å². The van der Waals surface area contributed by atoms with Gasteiger partial charge in [-0.05, 0) is 51.2 Å². The van der Waals surface area contributed by atoms with E-state index in [0.29, 0.717) is 5.69 Å². The summed E-state index contributed by atoms with van der Waals surface area (Å²) < 4.78 is 1.84. The molecule has 0 bridgehead atoms. The van der Waals surface area contributed by atoms with Crippen LogP contribution in [0.4, 0.5) is 5.82 Å². The van der Waals surface area contributed by atoms with E-state index in [1.165, 1.54) is 0 Å². The van der Waals surface area contributed by atoms with Crippen molar-refractivity contribution in [2.75, 3.05) is 24.5 Å². The first-order valence-electron chi connectivity index (χ1n) is 11.1. The molecule has 5 heterocycles. The highest BCUT2D eigenvalue weighted by Crippen LogP contribution is 2.32. The van der Waals surface area contributed by atoms with Crippen LogP contribution in [0, 0.1) is 13.8 Å². The fourth-order valence-corrected chi connectivity index (χ4v) is 4.81. The SMILES string of the molecule is Cc1cccnc1C(=O)N1CCCC[C@H]1c1cc2nc(N3CC[C@H](N)C3)c(C)cn2n1. The zero-order valence-electron chi connectivity index (χ0n) is 18.2. The molecule has 8 nitrogen and oxygen atoms in total. The molecule has 2 N–H and O–H groups in total. The predicted molar refractivity (Wildman–Crippen MR) is 119 cm³/mol. The van der Waals surface area contributed by atoms with Gasteiger partial charge in [0.25, 0.3) is 5.91 Å². The van der Waals surface area contributed by atoms with Crippen molar-refractivity contribution < 1.29 is 4.79 Å². The maximum absolute atomic E-state index is 13.3. The van der Waals surface area contributed by atoms with Crippen LogP contribution in [0.25, 0.3) is 5.65 Å². The molecule has 0 aliphatic carbocycles. The first-order valence-corrected chi connectivity index (χ1v) is 11.1. The van der Waals surface area contributed by atoms with Gasteiger partial charge in [0.2, 0.25) is 0 Å². The summed E-state index contributed by atoms with van der Waals surface area (Å²) in [7, 11) is 0. The Labute approximate surface area is 182 Å². The van der Waals surface area contributed by atoms with E-state index >= 15 is 0 Å². The van der Waals surface area contributed by atoms with E-state index in [4.69, 9.17) is 15.8 Å². The van der Waals surface area contributed by atoms with Crippen molar-refractivity contribution in [2.24, 2.45) is 5.73 Å². The second-order valence-corrected chi connectivity index (χ2v) is 8.79. The molecular formula is C23H29N7O. The Kier molecular flexibility index (Phi) is 5.09. The van der Waals surface area contributed by atoms with Crippen LogP contribution >= 0.6 is 0 Å². The zero-order valence-corrected chi connectivity index (χ0v) is 18.2. The first kappa shape index (κ1) is 19.9. The molecule has 2 fully saturated rings. The maximum Gasteiger partial charge on any atom is 0.273 e. The standard InChI is InChI=1S/C23H29N7O/c1-15-6-5-9-25-21(15)23(31)29-10-4-3-7-19(29)18-12-20-26-22(16(2)13-30(20)27-18)28-11-8-17(24)14-28/h5-6,9,12-13,17,19H,3-4,7-8,10-11,14,24H2,1-2H3/t17-,19-/m0/s1. The predicted octanol–water partition coefficient (Wildman–Crippen LogP) is 2.65. The van der Waals surface area contributed by atoms with Crippen molar-refractivity contribution in [1.82, 2.24) is 24.5 Å². The zero-order chi connectivity index (χ0) is 21.5. The number of pyridine rings is 1. The highest BCUT2D eigenvalue weighted by molar-refractivity contribution is 5.94. The summed E-state index contributed by atoms with van der Waals surface area (Å²) in [4.78, 5) is 26.8. The molecular weight excluding hydrogens is 390 g/mol. The number of aryl methyl sites for hydroxylation is 2. The summed E-state index contributed by atoms with van der Waals surface area (Å²) in [5.74, 6) is 0.961.